The highest BCUT2D eigenvalue weighted by Gasteiger charge is 2.06. The predicted molar refractivity (Wildman–Crippen MR) is 94.7 cm³/mol. The third-order valence-corrected chi connectivity index (χ3v) is 3.33. The number of anilines is 6. The minimum absolute atomic E-state index is 0.636. The summed E-state index contributed by atoms with van der Waals surface area (Å²) in [6, 6.07) is 23.4. The lowest BCUT2D eigenvalue weighted by molar-refractivity contribution is 1.51. The lowest BCUT2D eigenvalue weighted by Crippen LogP contribution is -2.02. The third kappa shape index (κ3) is 3.12. The van der Waals surface area contributed by atoms with Crippen molar-refractivity contribution in [1.82, 2.24) is 0 Å². The molecule has 6 N–H and O–H groups in total. The molecule has 0 aliphatic carbocycles. The van der Waals surface area contributed by atoms with Gasteiger partial charge in [0, 0.05) is 11.4 Å². The molecule has 0 spiro atoms. The molecule has 22 heavy (non-hydrogen) atoms. The molecule has 0 aromatic heterocycles. The Hall–Kier alpha value is -3.14. The highest BCUT2D eigenvalue weighted by molar-refractivity contribution is 5.85. The van der Waals surface area contributed by atoms with E-state index in [2.05, 4.69) is 10.6 Å². The molecule has 4 nitrogen and oxygen atoms in total. The zero-order chi connectivity index (χ0) is 15.4. The van der Waals surface area contributed by atoms with Crippen molar-refractivity contribution in [3.05, 3.63) is 72.8 Å². The zero-order valence-corrected chi connectivity index (χ0v) is 12.1. The van der Waals surface area contributed by atoms with Crippen molar-refractivity contribution in [2.75, 3.05) is 22.1 Å². The Morgan fingerprint density at radius 2 is 0.909 bits per heavy atom. The van der Waals surface area contributed by atoms with Crippen LogP contribution in [0, 0.1) is 0 Å². The van der Waals surface area contributed by atoms with E-state index in [1.807, 2.05) is 72.8 Å². The van der Waals surface area contributed by atoms with Crippen molar-refractivity contribution in [3.8, 4) is 0 Å². The van der Waals surface area contributed by atoms with Crippen LogP contribution in [0.1, 0.15) is 0 Å². The minimum atomic E-state index is 0.636. The molecule has 0 fully saturated rings. The Morgan fingerprint density at radius 3 is 1.27 bits per heavy atom. The first-order valence-corrected chi connectivity index (χ1v) is 7.05. The predicted octanol–water partition coefficient (Wildman–Crippen LogP) is 4.34. The second kappa shape index (κ2) is 6.10. The standard InChI is InChI=1S/C18H18N4/c19-15-12-18(22-14-9-5-2-6-10-14)16(20)11-17(15)21-13-7-3-1-4-8-13/h1-12,21-22H,19-20H2. The monoisotopic (exact) mass is 290 g/mol. The van der Waals surface area contributed by atoms with Crippen LogP contribution in [0.2, 0.25) is 0 Å². The number of hydrogen-bond donors (Lipinski definition) is 4. The Labute approximate surface area is 129 Å². The molecule has 110 valence electrons. The molecule has 0 heterocycles. The normalized spacial score (nSPS) is 10.2. The number of nitrogens with one attached hydrogen (secondary N) is 2. The van der Waals surface area contributed by atoms with Gasteiger partial charge in [0.25, 0.3) is 0 Å². The van der Waals surface area contributed by atoms with Gasteiger partial charge in [-0.15, -0.1) is 0 Å². The Kier molecular flexibility index (Phi) is 3.83. The fourth-order valence-electron chi connectivity index (χ4n) is 2.20. The van der Waals surface area contributed by atoms with Gasteiger partial charge in [0.1, 0.15) is 0 Å². The number of hydrogen-bond acceptors (Lipinski definition) is 4. The van der Waals surface area contributed by atoms with E-state index in [1.54, 1.807) is 0 Å². The topological polar surface area (TPSA) is 76.1 Å². The van der Waals surface area contributed by atoms with Gasteiger partial charge in [0.2, 0.25) is 0 Å². The van der Waals surface area contributed by atoms with Crippen LogP contribution in [0.5, 0.6) is 0 Å². The van der Waals surface area contributed by atoms with Crippen molar-refractivity contribution >= 4 is 34.1 Å². The van der Waals surface area contributed by atoms with Gasteiger partial charge >= 0.3 is 0 Å². The molecular weight excluding hydrogens is 272 g/mol. The van der Waals surface area contributed by atoms with Crippen LogP contribution in [0.4, 0.5) is 34.1 Å². The first-order chi connectivity index (χ1) is 10.7. The fourth-order valence-corrected chi connectivity index (χ4v) is 2.20. The van der Waals surface area contributed by atoms with Gasteiger partial charge < -0.3 is 22.1 Å². The number of benzene rings is 3. The number of nitrogen functional groups attached to an aromatic ring is 2. The minimum Gasteiger partial charge on any atom is -0.397 e. The van der Waals surface area contributed by atoms with Crippen molar-refractivity contribution in [2.24, 2.45) is 0 Å². The Balaban J connectivity index is 1.85. The van der Waals surface area contributed by atoms with Gasteiger partial charge in [-0.25, -0.2) is 0 Å². The molecule has 3 aromatic carbocycles. The van der Waals surface area contributed by atoms with Crippen LogP contribution in [-0.2, 0) is 0 Å². The van der Waals surface area contributed by atoms with E-state index in [0.717, 1.165) is 22.7 Å². The van der Waals surface area contributed by atoms with E-state index in [0.29, 0.717) is 11.4 Å². The molecule has 0 atom stereocenters. The maximum Gasteiger partial charge on any atom is 0.0640 e. The summed E-state index contributed by atoms with van der Waals surface area (Å²) in [6.07, 6.45) is 0. The van der Waals surface area contributed by atoms with Crippen LogP contribution in [-0.4, -0.2) is 0 Å². The van der Waals surface area contributed by atoms with Gasteiger partial charge in [-0.2, -0.15) is 0 Å². The highest BCUT2D eigenvalue weighted by atomic mass is 14.9. The summed E-state index contributed by atoms with van der Waals surface area (Å²) in [5.41, 5.74) is 17.1. The van der Waals surface area contributed by atoms with Gasteiger partial charge in [0.05, 0.1) is 22.7 Å². The fraction of sp³-hybridized carbons (Fsp3) is 0. The lowest BCUT2D eigenvalue weighted by Gasteiger charge is -2.15. The maximum absolute atomic E-state index is 6.13. The van der Waals surface area contributed by atoms with Gasteiger partial charge in [-0.3, -0.25) is 0 Å². The van der Waals surface area contributed by atoms with Crippen molar-refractivity contribution in [2.45, 2.75) is 0 Å². The quantitative estimate of drug-likeness (QED) is 0.539. The molecule has 0 radical (unpaired) electrons. The van der Waals surface area contributed by atoms with Crippen molar-refractivity contribution in [1.29, 1.82) is 0 Å². The molecule has 0 saturated carbocycles. The van der Waals surface area contributed by atoms with Crippen LogP contribution >= 0.6 is 0 Å². The van der Waals surface area contributed by atoms with Crippen LogP contribution in [0.25, 0.3) is 0 Å². The molecule has 0 bridgehead atoms. The van der Waals surface area contributed by atoms with Gasteiger partial charge in [0.15, 0.2) is 0 Å². The van der Waals surface area contributed by atoms with E-state index in [9.17, 15) is 0 Å². The first-order valence-electron chi connectivity index (χ1n) is 7.05. The first kappa shape index (κ1) is 13.8. The summed E-state index contributed by atoms with van der Waals surface area (Å²) in [6.45, 7) is 0. The summed E-state index contributed by atoms with van der Waals surface area (Å²) in [5.74, 6) is 0. The molecule has 0 aliphatic heterocycles. The molecule has 0 saturated heterocycles. The van der Waals surface area contributed by atoms with E-state index in [4.69, 9.17) is 11.5 Å². The van der Waals surface area contributed by atoms with Crippen LogP contribution in [0.3, 0.4) is 0 Å². The lowest BCUT2D eigenvalue weighted by atomic mass is 10.2. The Morgan fingerprint density at radius 1 is 0.545 bits per heavy atom. The number of rotatable bonds is 4. The van der Waals surface area contributed by atoms with Crippen LogP contribution < -0.4 is 22.1 Å². The average molecular weight is 290 g/mol. The van der Waals surface area contributed by atoms with Crippen molar-refractivity contribution < 1.29 is 0 Å². The van der Waals surface area contributed by atoms with Gasteiger partial charge in [-0.1, -0.05) is 36.4 Å². The highest BCUT2D eigenvalue weighted by Crippen LogP contribution is 2.33. The smallest absolute Gasteiger partial charge is 0.0640 e. The van der Waals surface area contributed by atoms with E-state index >= 15 is 0 Å². The summed E-state index contributed by atoms with van der Waals surface area (Å²) in [7, 11) is 0. The van der Waals surface area contributed by atoms with E-state index in [1.165, 1.54) is 0 Å². The number of nitrogens with two attached hydrogens (primary N) is 2. The molecule has 3 rings (SSSR count). The summed E-state index contributed by atoms with van der Waals surface area (Å²) < 4.78 is 0. The molecule has 0 aliphatic rings. The molecular formula is C18H18N4. The van der Waals surface area contributed by atoms with E-state index in [-0.39, 0.29) is 0 Å². The second-order valence-corrected chi connectivity index (χ2v) is 5.01. The average Bonchev–Trinajstić information content (AvgIpc) is 2.54. The van der Waals surface area contributed by atoms with E-state index < -0.39 is 0 Å². The molecule has 0 amide bonds. The Bertz CT molecular complexity index is 688. The second-order valence-electron chi connectivity index (χ2n) is 5.01. The molecule has 0 unspecified atom stereocenters. The zero-order valence-electron chi connectivity index (χ0n) is 12.1. The SMILES string of the molecule is Nc1cc(Nc2ccccc2)c(N)cc1Nc1ccccc1. The largest absolute Gasteiger partial charge is 0.397 e. The third-order valence-electron chi connectivity index (χ3n) is 3.33. The van der Waals surface area contributed by atoms with Gasteiger partial charge in [-0.05, 0) is 36.4 Å². The summed E-state index contributed by atoms with van der Waals surface area (Å²) in [4.78, 5) is 0. The van der Waals surface area contributed by atoms with Crippen LogP contribution in [0.15, 0.2) is 72.8 Å². The summed E-state index contributed by atoms with van der Waals surface area (Å²) >= 11 is 0. The molecule has 4 heteroatoms. The molecule has 3 aromatic rings. The maximum atomic E-state index is 6.13. The number of para-hydroxylation sites is 2. The van der Waals surface area contributed by atoms with Crippen molar-refractivity contribution in [3.63, 3.8) is 0 Å². The summed E-state index contributed by atoms with van der Waals surface area (Å²) in [5, 5.41) is 6.54.